The van der Waals surface area contributed by atoms with Crippen LogP contribution in [0.25, 0.3) is 0 Å². The Morgan fingerprint density at radius 3 is 2.55 bits per heavy atom. The smallest absolute Gasteiger partial charge is 0.218 e. The lowest BCUT2D eigenvalue weighted by Crippen LogP contribution is -2.65. The Labute approximate surface area is 119 Å². The van der Waals surface area contributed by atoms with Gasteiger partial charge in [-0.15, -0.1) is 0 Å². The van der Waals surface area contributed by atoms with E-state index >= 15 is 0 Å². The van der Waals surface area contributed by atoms with Crippen LogP contribution in [0.5, 0.6) is 0 Å². The van der Waals surface area contributed by atoms with Crippen LogP contribution in [-0.2, 0) is 15.8 Å². The van der Waals surface area contributed by atoms with Gasteiger partial charge in [0, 0.05) is 13.1 Å². The summed E-state index contributed by atoms with van der Waals surface area (Å²) in [6, 6.07) is 8.66. The van der Waals surface area contributed by atoms with E-state index in [2.05, 4.69) is 0 Å². The number of rotatable bonds is 4. The van der Waals surface area contributed by atoms with E-state index < -0.39 is 15.6 Å². The first-order chi connectivity index (χ1) is 9.28. The molecule has 1 fully saturated rings. The fraction of sp³-hybridized carbons (Fsp3) is 0.500. The van der Waals surface area contributed by atoms with Gasteiger partial charge in [-0.3, -0.25) is 0 Å². The molecule has 20 heavy (non-hydrogen) atoms. The number of β-amino-alcohol motifs (C(OH)–C–C–N with tert-alkyl or cyclic N) is 1. The van der Waals surface area contributed by atoms with Crippen molar-refractivity contribution in [2.24, 2.45) is 5.92 Å². The second-order valence-electron chi connectivity index (χ2n) is 5.55. The van der Waals surface area contributed by atoms with Gasteiger partial charge < -0.3 is 5.11 Å². The molecule has 0 atom stereocenters. The SMILES string of the molecule is CC(C)C1(O)CN(S(=O)(=O)Cc2ccccc2C#N)C1. The summed E-state index contributed by atoms with van der Waals surface area (Å²) in [6.07, 6.45) is 0. The van der Waals surface area contributed by atoms with Gasteiger partial charge in [-0.2, -0.15) is 9.57 Å². The quantitative estimate of drug-likeness (QED) is 0.901. The number of nitrogens with zero attached hydrogens (tertiary/aromatic N) is 2. The minimum Gasteiger partial charge on any atom is -0.387 e. The highest BCUT2D eigenvalue weighted by molar-refractivity contribution is 7.88. The fourth-order valence-electron chi connectivity index (χ4n) is 2.17. The first-order valence-corrected chi connectivity index (χ1v) is 8.07. The van der Waals surface area contributed by atoms with E-state index in [1.54, 1.807) is 24.3 Å². The van der Waals surface area contributed by atoms with Crippen molar-refractivity contribution in [2.45, 2.75) is 25.2 Å². The van der Waals surface area contributed by atoms with E-state index in [1.807, 2.05) is 19.9 Å². The van der Waals surface area contributed by atoms with Gasteiger partial charge >= 0.3 is 0 Å². The average Bonchev–Trinajstić information content (AvgIpc) is 2.34. The van der Waals surface area contributed by atoms with Crippen LogP contribution in [0.4, 0.5) is 0 Å². The minimum absolute atomic E-state index is 0.0142. The molecule has 1 saturated heterocycles. The number of aliphatic hydroxyl groups is 1. The zero-order valence-electron chi connectivity index (χ0n) is 11.6. The van der Waals surface area contributed by atoms with E-state index in [0.29, 0.717) is 11.1 Å². The summed E-state index contributed by atoms with van der Waals surface area (Å²) in [7, 11) is -3.49. The highest BCUT2D eigenvalue weighted by atomic mass is 32.2. The van der Waals surface area contributed by atoms with Gasteiger partial charge in [0.25, 0.3) is 0 Å². The molecule has 108 valence electrons. The van der Waals surface area contributed by atoms with Crippen LogP contribution in [-0.4, -0.2) is 36.5 Å². The molecule has 0 bridgehead atoms. The molecule has 0 amide bonds. The lowest BCUT2D eigenvalue weighted by molar-refractivity contribution is -0.0933. The van der Waals surface area contributed by atoms with Gasteiger partial charge in [0.2, 0.25) is 10.0 Å². The van der Waals surface area contributed by atoms with Crippen molar-refractivity contribution in [2.75, 3.05) is 13.1 Å². The first kappa shape index (κ1) is 15.0. The largest absolute Gasteiger partial charge is 0.387 e. The van der Waals surface area contributed by atoms with Crippen molar-refractivity contribution >= 4 is 10.0 Å². The van der Waals surface area contributed by atoms with Gasteiger partial charge in [0.15, 0.2) is 0 Å². The topological polar surface area (TPSA) is 81.4 Å². The van der Waals surface area contributed by atoms with Crippen molar-refractivity contribution in [3.8, 4) is 6.07 Å². The molecule has 1 aromatic rings. The number of benzene rings is 1. The van der Waals surface area contributed by atoms with Gasteiger partial charge in [0.1, 0.15) is 0 Å². The Bertz CT molecular complexity index is 641. The van der Waals surface area contributed by atoms with Crippen LogP contribution in [0.2, 0.25) is 0 Å². The van der Waals surface area contributed by atoms with Gasteiger partial charge in [-0.25, -0.2) is 8.42 Å². The highest BCUT2D eigenvalue weighted by Gasteiger charge is 2.48. The number of hydrogen-bond donors (Lipinski definition) is 1. The van der Waals surface area contributed by atoms with Gasteiger partial charge in [0.05, 0.1) is 23.0 Å². The number of sulfonamides is 1. The average molecular weight is 294 g/mol. The summed E-state index contributed by atoms with van der Waals surface area (Å²) < 4.78 is 25.8. The molecule has 5 nitrogen and oxygen atoms in total. The van der Waals surface area contributed by atoms with Gasteiger partial charge in [-0.1, -0.05) is 32.0 Å². The summed E-state index contributed by atoms with van der Waals surface area (Å²) in [6.45, 7) is 3.99. The predicted molar refractivity (Wildman–Crippen MR) is 75.1 cm³/mol. The zero-order chi connectivity index (χ0) is 15.0. The maximum Gasteiger partial charge on any atom is 0.218 e. The predicted octanol–water partition coefficient (Wildman–Crippen LogP) is 1.09. The molecule has 1 heterocycles. The molecular weight excluding hydrogens is 276 g/mol. The summed E-state index contributed by atoms with van der Waals surface area (Å²) >= 11 is 0. The van der Waals surface area contributed by atoms with Crippen LogP contribution in [0, 0.1) is 17.2 Å². The van der Waals surface area contributed by atoms with Crippen LogP contribution in [0.1, 0.15) is 25.0 Å². The summed E-state index contributed by atoms with van der Waals surface area (Å²) in [4.78, 5) is 0. The van der Waals surface area contributed by atoms with E-state index in [-0.39, 0.29) is 24.8 Å². The summed E-state index contributed by atoms with van der Waals surface area (Å²) in [5, 5.41) is 19.1. The molecule has 1 aromatic carbocycles. The molecule has 0 radical (unpaired) electrons. The molecule has 0 aliphatic carbocycles. The van der Waals surface area contributed by atoms with E-state index in [1.165, 1.54) is 4.31 Å². The fourth-order valence-corrected chi connectivity index (χ4v) is 3.84. The van der Waals surface area contributed by atoms with Crippen LogP contribution < -0.4 is 0 Å². The third kappa shape index (κ3) is 2.70. The Morgan fingerprint density at radius 1 is 1.40 bits per heavy atom. The molecule has 0 unspecified atom stereocenters. The van der Waals surface area contributed by atoms with E-state index in [9.17, 15) is 13.5 Å². The van der Waals surface area contributed by atoms with Crippen LogP contribution in [0.3, 0.4) is 0 Å². The van der Waals surface area contributed by atoms with E-state index in [4.69, 9.17) is 5.26 Å². The summed E-state index contributed by atoms with van der Waals surface area (Å²) in [5.74, 6) is -0.189. The van der Waals surface area contributed by atoms with Crippen LogP contribution >= 0.6 is 0 Å². The molecular formula is C14H18N2O3S. The third-order valence-corrected chi connectivity index (χ3v) is 5.56. The van der Waals surface area contributed by atoms with E-state index in [0.717, 1.165) is 0 Å². The second kappa shape index (κ2) is 5.17. The molecule has 6 heteroatoms. The third-order valence-electron chi connectivity index (χ3n) is 3.84. The Balaban J connectivity index is 2.13. The van der Waals surface area contributed by atoms with Crippen molar-refractivity contribution in [1.29, 1.82) is 5.26 Å². The maximum absolute atomic E-state index is 12.3. The zero-order valence-corrected chi connectivity index (χ0v) is 12.4. The molecule has 1 aliphatic heterocycles. The first-order valence-electron chi connectivity index (χ1n) is 6.47. The lowest BCUT2D eigenvalue weighted by atomic mass is 9.85. The monoisotopic (exact) mass is 294 g/mol. The van der Waals surface area contributed by atoms with Gasteiger partial charge in [-0.05, 0) is 17.5 Å². The van der Waals surface area contributed by atoms with Crippen molar-refractivity contribution in [1.82, 2.24) is 4.31 Å². The normalized spacial score (nSPS) is 18.6. The molecule has 1 N–H and O–H groups in total. The molecule has 1 aliphatic rings. The summed E-state index contributed by atoms with van der Waals surface area (Å²) in [5.41, 5.74) is -0.0624. The van der Waals surface area contributed by atoms with Crippen molar-refractivity contribution < 1.29 is 13.5 Å². The lowest BCUT2D eigenvalue weighted by Gasteiger charge is -2.48. The molecule has 0 aromatic heterocycles. The molecule has 0 spiro atoms. The number of hydrogen-bond acceptors (Lipinski definition) is 4. The second-order valence-corrected chi connectivity index (χ2v) is 7.52. The standard InChI is InChI=1S/C14H18N2O3S/c1-11(2)14(17)9-16(10-14)20(18,19)8-13-6-4-3-5-12(13)7-15/h3-6,11,17H,8-10H2,1-2H3. The maximum atomic E-state index is 12.3. The number of nitriles is 1. The molecule has 0 saturated carbocycles. The van der Waals surface area contributed by atoms with Crippen molar-refractivity contribution in [3.63, 3.8) is 0 Å². The van der Waals surface area contributed by atoms with Crippen molar-refractivity contribution in [3.05, 3.63) is 35.4 Å². The Hall–Kier alpha value is -1.42. The minimum atomic E-state index is -3.49. The highest BCUT2D eigenvalue weighted by Crippen LogP contribution is 2.31. The Kier molecular flexibility index (Phi) is 3.87. The Morgan fingerprint density at radius 2 is 2.00 bits per heavy atom. The molecule has 2 rings (SSSR count). The van der Waals surface area contributed by atoms with Crippen LogP contribution in [0.15, 0.2) is 24.3 Å².